The van der Waals surface area contributed by atoms with Crippen LogP contribution < -0.4 is 5.32 Å². The van der Waals surface area contributed by atoms with E-state index in [4.69, 9.17) is 0 Å². The van der Waals surface area contributed by atoms with Gasteiger partial charge in [-0.2, -0.15) is 0 Å². The molecule has 0 aromatic carbocycles. The van der Waals surface area contributed by atoms with E-state index in [0.717, 1.165) is 50.7 Å². The highest BCUT2D eigenvalue weighted by atomic mass is 16.2. The number of carbonyl (C=O) groups is 1. The van der Waals surface area contributed by atoms with Gasteiger partial charge in [0.1, 0.15) is 0 Å². The zero-order valence-corrected chi connectivity index (χ0v) is 11.0. The first-order valence-electron chi connectivity index (χ1n) is 6.68. The Labute approximate surface area is 99.6 Å². The fraction of sp³-hybridized carbons (Fsp3) is 0.923. The molecule has 1 atom stereocenters. The number of nitrogens with zero attached hydrogens (tertiary/aromatic N) is 1. The van der Waals surface area contributed by atoms with Gasteiger partial charge in [-0.3, -0.25) is 0 Å². The quantitative estimate of drug-likeness (QED) is 0.788. The fourth-order valence-corrected chi connectivity index (χ4v) is 2.34. The lowest BCUT2D eigenvalue weighted by atomic mass is 9.89. The highest BCUT2D eigenvalue weighted by Crippen LogP contribution is 2.24. The molecule has 1 heterocycles. The van der Waals surface area contributed by atoms with Gasteiger partial charge in [0.05, 0.1) is 0 Å². The number of amides is 2. The summed E-state index contributed by atoms with van der Waals surface area (Å²) in [6.07, 6.45) is 4.60. The van der Waals surface area contributed by atoms with Crippen molar-refractivity contribution in [2.45, 2.75) is 46.5 Å². The Bertz CT molecular complexity index is 216. The predicted molar refractivity (Wildman–Crippen MR) is 67.4 cm³/mol. The van der Waals surface area contributed by atoms with Crippen molar-refractivity contribution in [1.29, 1.82) is 0 Å². The molecule has 0 spiro atoms. The molecule has 0 bridgehead atoms. The van der Waals surface area contributed by atoms with Crippen LogP contribution in [0.2, 0.25) is 0 Å². The van der Waals surface area contributed by atoms with Gasteiger partial charge < -0.3 is 10.2 Å². The van der Waals surface area contributed by atoms with E-state index in [1.807, 2.05) is 4.90 Å². The lowest BCUT2D eigenvalue weighted by Gasteiger charge is -2.21. The molecular formula is C13H26N2O. The number of likely N-dealkylation sites (tertiary alicyclic amines) is 1. The molecule has 3 heteroatoms. The normalized spacial score (nSPS) is 22.0. The maximum absolute atomic E-state index is 11.8. The largest absolute Gasteiger partial charge is 0.338 e. The topological polar surface area (TPSA) is 32.3 Å². The van der Waals surface area contributed by atoms with E-state index in [0.29, 0.717) is 0 Å². The van der Waals surface area contributed by atoms with E-state index in [1.165, 1.54) is 6.42 Å². The Morgan fingerprint density at radius 3 is 2.75 bits per heavy atom. The van der Waals surface area contributed by atoms with Gasteiger partial charge >= 0.3 is 6.03 Å². The summed E-state index contributed by atoms with van der Waals surface area (Å²) < 4.78 is 0. The fourth-order valence-electron chi connectivity index (χ4n) is 2.34. The van der Waals surface area contributed by atoms with Crippen molar-refractivity contribution in [2.24, 2.45) is 11.8 Å². The molecule has 94 valence electrons. The van der Waals surface area contributed by atoms with Gasteiger partial charge in [-0.25, -0.2) is 4.79 Å². The lowest BCUT2D eigenvalue weighted by molar-refractivity contribution is 0.198. The molecule has 1 saturated heterocycles. The van der Waals surface area contributed by atoms with Crippen LogP contribution in [0.1, 0.15) is 46.5 Å². The van der Waals surface area contributed by atoms with Crippen LogP contribution in [0.15, 0.2) is 0 Å². The molecule has 1 rings (SSSR count). The number of hydrogen-bond acceptors (Lipinski definition) is 1. The SMILES string of the molecule is CCCNC(=O)N1CCCC(C(C)C)CC1. The second-order valence-corrected chi connectivity index (χ2v) is 5.15. The highest BCUT2D eigenvalue weighted by molar-refractivity contribution is 5.74. The van der Waals surface area contributed by atoms with Gasteiger partial charge in [0, 0.05) is 19.6 Å². The maximum atomic E-state index is 11.8. The lowest BCUT2D eigenvalue weighted by Crippen LogP contribution is -2.40. The van der Waals surface area contributed by atoms with Crippen LogP contribution in [0.25, 0.3) is 0 Å². The molecular weight excluding hydrogens is 200 g/mol. The van der Waals surface area contributed by atoms with Gasteiger partial charge in [-0.05, 0) is 37.5 Å². The van der Waals surface area contributed by atoms with E-state index in [2.05, 4.69) is 26.1 Å². The van der Waals surface area contributed by atoms with E-state index in [1.54, 1.807) is 0 Å². The van der Waals surface area contributed by atoms with Gasteiger partial charge in [0.25, 0.3) is 0 Å². The Hall–Kier alpha value is -0.730. The minimum Gasteiger partial charge on any atom is -0.338 e. The molecule has 0 aromatic heterocycles. The number of rotatable bonds is 3. The van der Waals surface area contributed by atoms with Crippen molar-refractivity contribution in [3.05, 3.63) is 0 Å². The summed E-state index contributed by atoms with van der Waals surface area (Å²) in [5.41, 5.74) is 0. The molecule has 1 N–H and O–H groups in total. The average Bonchev–Trinajstić information content (AvgIpc) is 2.51. The van der Waals surface area contributed by atoms with Crippen LogP contribution in [0, 0.1) is 11.8 Å². The zero-order chi connectivity index (χ0) is 12.0. The second kappa shape index (κ2) is 6.77. The molecule has 1 aliphatic heterocycles. The first kappa shape index (κ1) is 13.3. The zero-order valence-electron chi connectivity index (χ0n) is 11.0. The standard InChI is InChI=1S/C13H26N2O/c1-4-8-14-13(16)15-9-5-6-12(7-10-15)11(2)3/h11-12H,4-10H2,1-3H3,(H,14,16). The number of hydrogen-bond donors (Lipinski definition) is 1. The molecule has 0 aliphatic carbocycles. The first-order chi connectivity index (χ1) is 7.65. The molecule has 0 saturated carbocycles. The third kappa shape index (κ3) is 4.03. The van der Waals surface area contributed by atoms with E-state index in [-0.39, 0.29) is 6.03 Å². The average molecular weight is 226 g/mol. The summed E-state index contributed by atoms with van der Waals surface area (Å²) in [5, 5.41) is 2.96. The number of nitrogens with one attached hydrogen (secondary N) is 1. The molecule has 1 fully saturated rings. The molecule has 1 aliphatic rings. The highest BCUT2D eigenvalue weighted by Gasteiger charge is 2.21. The summed E-state index contributed by atoms with van der Waals surface area (Å²) in [7, 11) is 0. The van der Waals surface area contributed by atoms with Crippen LogP contribution >= 0.6 is 0 Å². The number of carbonyl (C=O) groups excluding carboxylic acids is 1. The number of urea groups is 1. The Morgan fingerprint density at radius 1 is 1.38 bits per heavy atom. The molecule has 2 amide bonds. The summed E-state index contributed by atoms with van der Waals surface area (Å²) in [6, 6.07) is 0.131. The minimum atomic E-state index is 0.131. The summed E-state index contributed by atoms with van der Waals surface area (Å²) in [6.45, 7) is 9.31. The smallest absolute Gasteiger partial charge is 0.317 e. The van der Waals surface area contributed by atoms with Crippen molar-refractivity contribution in [1.82, 2.24) is 10.2 Å². The second-order valence-electron chi connectivity index (χ2n) is 5.15. The van der Waals surface area contributed by atoms with Crippen LogP contribution in [0.3, 0.4) is 0 Å². The third-order valence-electron chi connectivity index (χ3n) is 3.53. The van der Waals surface area contributed by atoms with Crippen LogP contribution in [0.4, 0.5) is 4.79 Å². The van der Waals surface area contributed by atoms with E-state index in [9.17, 15) is 4.79 Å². The molecule has 3 nitrogen and oxygen atoms in total. The van der Waals surface area contributed by atoms with Gasteiger partial charge in [0.2, 0.25) is 0 Å². The molecule has 0 aromatic rings. The maximum Gasteiger partial charge on any atom is 0.317 e. The Balaban J connectivity index is 2.37. The minimum absolute atomic E-state index is 0.131. The Morgan fingerprint density at radius 2 is 2.12 bits per heavy atom. The van der Waals surface area contributed by atoms with Crippen LogP contribution in [-0.4, -0.2) is 30.6 Å². The van der Waals surface area contributed by atoms with Crippen molar-refractivity contribution in [3.8, 4) is 0 Å². The molecule has 16 heavy (non-hydrogen) atoms. The van der Waals surface area contributed by atoms with Crippen LogP contribution in [-0.2, 0) is 0 Å². The first-order valence-corrected chi connectivity index (χ1v) is 6.68. The molecule has 0 radical (unpaired) electrons. The van der Waals surface area contributed by atoms with Gasteiger partial charge in [-0.15, -0.1) is 0 Å². The van der Waals surface area contributed by atoms with E-state index >= 15 is 0 Å². The summed E-state index contributed by atoms with van der Waals surface area (Å²) in [5.74, 6) is 1.54. The van der Waals surface area contributed by atoms with Crippen molar-refractivity contribution < 1.29 is 4.79 Å². The third-order valence-corrected chi connectivity index (χ3v) is 3.53. The van der Waals surface area contributed by atoms with Gasteiger partial charge in [-0.1, -0.05) is 20.8 Å². The summed E-state index contributed by atoms with van der Waals surface area (Å²) >= 11 is 0. The van der Waals surface area contributed by atoms with Crippen molar-refractivity contribution >= 4 is 6.03 Å². The molecule has 1 unspecified atom stereocenters. The summed E-state index contributed by atoms with van der Waals surface area (Å²) in [4.78, 5) is 13.8. The predicted octanol–water partition coefficient (Wildman–Crippen LogP) is 2.86. The van der Waals surface area contributed by atoms with E-state index < -0.39 is 0 Å². The Kier molecular flexibility index (Phi) is 5.64. The monoisotopic (exact) mass is 226 g/mol. The van der Waals surface area contributed by atoms with Crippen molar-refractivity contribution in [2.75, 3.05) is 19.6 Å². The van der Waals surface area contributed by atoms with Crippen molar-refractivity contribution in [3.63, 3.8) is 0 Å². The van der Waals surface area contributed by atoms with Crippen LogP contribution in [0.5, 0.6) is 0 Å². The van der Waals surface area contributed by atoms with Gasteiger partial charge in [0.15, 0.2) is 0 Å².